The van der Waals surface area contributed by atoms with Crippen LogP contribution >= 0.6 is 11.3 Å². The Balaban J connectivity index is 1.17. The molecule has 0 amide bonds. The first-order valence-electron chi connectivity index (χ1n) is 11.0. The molecule has 1 aromatic carbocycles. The third-order valence-corrected chi connectivity index (χ3v) is 6.57. The predicted molar refractivity (Wildman–Crippen MR) is 126 cm³/mol. The molecule has 7 heteroatoms. The molecular weight excluding hydrogens is 408 g/mol. The van der Waals surface area contributed by atoms with Crippen molar-refractivity contribution in [2.75, 3.05) is 39.3 Å². The summed E-state index contributed by atoms with van der Waals surface area (Å²) in [6.45, 7) is 13.3. The van der Waals surface area contributed by atoms with E-state index in [1.54, 1.807) is 16.7 Å². The lowest BCUT2D eigenvalue weighted by Crippen LogP contribution is -2.46. The summed E-state index contributed by atoms with van der Waals surface area (Å²) in [5.74, 6) is 0.948. The van der Waals surface area contributed by atoms with E-state index < -0.39 is 0 Å². The number of hydrogen-bond donors (Lipinski definition) is 0. The quantitative estimate of drug-likeness (QED) is 0.525. The van der Waals surface area contributed by atoms with Gasteiger partial charge in [-0.2, -0.15) is 0 Å². The van der Waals surface area contributed by atoms with Crippen LogP contribution in [-0.4, -0.2) is 58.5 Å². The van der Waals surface area contributed by atoms with Gasteiger partial charge in [0.05, 0.1) is 12.3 Å². The van der Waals surface area contributed by atoms with Crippen molar-refractivity contribution in [2.24, 2.45) is 0 Å². The summed E-state index contributed by atoms with van der Waals surface area (Å²) in [5.41, 5.74) is 2.37. The Labute approximate surface area is 188 Å². The normalized spacial score (nSPS) is 16.1. The monoisotopic (exact) mass is 440 g/mol. The van der Waals surface area contributed by atoms with Gasteiger partial charge in [0, 0.05) is 56.9 Å². The van der Waals surface area contributed by atoms with Crippen molar-refractivity contribution in [3.8, 4) is 5.75 Å². The van der Waals surface area contributed by atoms with Gasteiger partial charge in [0.15, 0.2) is 4.96 Å². The van der Waals surface area contributed by atoms with Crippen LogP contribution in [0.15, 0.2) is 46.7 Å². The van der Waals surface area contributed by atoms with Crippen molar-refractivity contribution in [2.45, 2.75) is 39.2 Å². The van der Waals surface area contributed by atoms with Gasteiger partial charge in [-0.3, -0.25) is 14.1 Å². The van der Waals surface area contributed by atoms with Crippen molar-refractivity contribution in [1.82, 2.24) is 19.2 Å². The van der Waals surface area contributed by atoms with Crippen LogP contribution in [0, 0.1) is 0 Å². The molecule has 0 unspecified atom stereocenters. The molecule has 0 saturated carbocycles. The molecule has 6 nitrogen and oxygen atoms in total. The Morgan fingerprint density at radius 3 is 2.48 bits per heavy atom. The number of rotatable bonds is 7. The fourth-order valence-electron chi connectivity index (χ4n) is 3.90. The van der Waals surface area contributed by atoms with Crippen LogP contribution in [0.4, 0.5) is 0 Å². The number of fused-ring (bicyclic) bond motifs is 1. The average molecular weight is 441 g/mol. The third-order valence-electron chi connectivity index (χ3n) is 5.81. The second-order valence-corrected chi connectivity index (χ2v) is 10.1. The molecule has 1 fully saturated rings. The van der Waals surface area contributed by atoms with Gasteiger partial charge in [-0.05, 0) is 29.5 Å². The van der Waals surface area contributed by atoms with Crippen LogP contribution in [0.3, 0.4) is 0 Å². The second-order valence-electron chi connectivity index (χ2n) is 9.24. The molecule has 1 aliphatic heterocycles. The Hall–Kier alpha value is -2.22. The van der Waals surface area contributed by atoms with Crippen molar-refractivity contribution in [3.63, 3.8) is 0 Å². The van der Waals surface area contributed by atoms with Gasteiger partial charge >= 0.3 is 0 Å². The lowest BCUT2D eigenvalue weighted by molar-refractivity contribution is 0.120. The van der Waals surface area contributed by atoms with Gasteiger partial charge in [-0.15, -0.1) is 11.3 Å². The Bertz CT molecular complexity index is 1040. The lowest BCUT2D eigenvalue weighted by atomic mass is 9.87. The van der Waals surface area contributed by atoms with Crippen LogP contribution < -0.4 is 10.3 Å². The van der Waals surface area contributed by atoms with Crippen LogP contribution in [0.1, 0.15) is 38.4 Å². The van der Waals surface area contributed by atoms with Crippen LogP contribution in [0.25, 0.3) is 4.96 Å². The molecule has 166 valence electrons. The molecule has 31 heavy (non-hydrogen) atoms. The van der Waals surface area contributed by atoms with Gasteiger partial charge in [0.2, 0.25) is 0 Å². The number of nitrogens with zero attached hydrogens (tertiary/aromatic N) is 4. The van der Waals surface area contributed by atoms with E-state index in [0.29, 0.717) is 0 Å². The largest absolute Gasteiger partial charge is 0.494 e. The van der Waals surface area contributed by atoms with E-state index in [1.807, 2.05) is 5.38 Å². The van der Waals surface area contributed by atoms with E-state index >= 15 is 0 Å². The van der Waals surface area contributed by atoms with Crippen molar-refractivity contribution < 1.29 is 4.74 Å². The maximum absolute atomic E-state index is 12.2. The van der Waals surface area contributed by atoms with Crippen LogP contribution in [-0.2, 0) is 12.0 Å². The first kappa shape index (κ1) is 22.0. The summed E-state index contributed by atoms with van der Waals surface area (Å²) in [7, 11) is 0. The zero-order valence-corrected chi connectivity index (χ0v) is 19.5. The topological polar surface area (TPSA) is 50.1 Å². The zero-order valence-electron chi connectivity index (χ0n) is 18.7. The molecule has 0 atom stereocenters. The number of ether oxygens (including phenoxy) is 1. The number of piperazine rings is 1. The van der Waals surface area contributed by atoms with Gasteiger partial charge in [0.1, 0.15) is 5.75 Å². The highest BCUT2D eigenvalue weighted by Gasteiger charge is 2.18. The van der Waals surface area contributed by atoms with Gasteiger partial charge in [-0.25, -0.2) is 4.98 Å². The van der Waals surface area contributed by atoms with Crippen LogP contribution in [0.2, 0.25) is 0 Å². The summed E-state index contributed by atoms with van der Waals surface area (Å²) < 4.78 is 7.53. The summed E-state index contributed by atoms with van der Waals surface area (Å²) in [6, 6.07) is 10.1. The van der Waals surface area contributed by atoms with Gasteiger partial charge in [0.25, 0.3) is 5.56 Å². The highest BCUT2D eigenvalue weighted by atomic mass is 32.1. The smallest absolute Gasteiger partial charge is 0.258 e. The summed E-state index contributed by atoms with van der Waals surface area (Å²) in [4.78, 5) is 22.4. The summed E-state index contributed by atoms with van der Waals surface area (Å²) >= 11 is 1.50. The van der Waals surface area contributed by atoms with Crippen molar-refractivity contribution in [3.05, 3.63) is 63.5 Å². The molecule has 1 saturated heterocycles. The molecule has 0 radical (unpaired) electrons. The minimum Gasteiger partial charge on any atom is -0.494 e. The van der Waals surface area contributed by atoms with Gasteiger partial charge < -0.3 is 9.64 Å². The minimum absolute atomic E-state index is 0.00734. The molecule has 1 aliphatic rings. The first-order chi connectivity index (χ1) is 14.9. The highest BCUT2D eigenvalue weighted by molar-refractivity contribution is 7.15. The van der Waals surface area contributed by atoms with E-state index in [1.165, 1.54) is 16.9 Å². The molecule has 2 aromatic heterocycles. The second kappa shape index (κ2) is 9.51. The maximum Gasteiger partial charge on any atom is 0.258 e. The molecule has 0 aliphatic carbocycles. The fraction of sp³-hybridized carbons (Fsp3) is 0.500. The maximum atomic E-state index is 12.2. The SMILES string of the molecule is CC(C)(C)c1ccc(OCCCN2CCN(Cc3cc(=O)n4ccsc4n3)CC2)cc1. The Kier molecular flexibility index (Phi) is 6.74. The predicted octanol–water partition coefficient (Wildman–Crippen LogP) is 3.64. The number of thiazole rings is 1. The van der Waals surface area contributed by atoms with E-state index in [4.69, 9.17) is 4.74 Å². The van der Waals surface area contributed by atoms with E-state index in [-0.39, 0.29) is 11.0 Å². The number of benzene rings is 1. The first-order valence-corrected chi connectivity index (χ1v) is 11.9. The van der Waals surface area contributed by atoms with Gasteiger partial charge in [-0.1, -0.05) is 32.9 Å². The van der Waals surface area contributed by atoms with E-state index in [2.05, 4.69) is 59.8 Å². The van der Waals surface area contributed by atoms with Crippen LogP contribution in [0.5, 0.6) is 5.75 Å². The zero-order chi connectivity index (χ0) is 21.8. The fourth-order valence-corrected chi connectivity index (χ4v) is 4.64. The minimum atomic E-state index is 0.00734. The molecule has 0 bridgehead atoms. The summed E-state index contributed by atoms with van der Waals surface area (Å²) in [5, 5.41) is 1.90. The lowest BCUT2D eigenvalue weighted by Gasteiger charge is -2.34. The van der Waals surface area contributed by atoms with E-state index in [0.717, 1.165) is 68.7 Å². The molecule has 0 N–H and O–H groups in total. The number of hydrogen-bond acceptors (Lipinski definition) is 6. The molecular formula is C24H32N4O2S. The summed E-state index contributed by atoms with van der Waals surface area (Å²) in [6.07, 6.45) is 2.80. The Morgan fingerprint density at radius 1 is 1.06 bits per heavy atom. The molecule has 3 aromatic rings. The Morgan fingerprint density at radius 2 is 1.77 bits per heavy atom. The third kappa shape index (κ3) is 5.73. The molecule has 0 spiro atoms. The molecule has 3 heterocycles. The van der Waals surface area contributed by atoms with Crippen molar-refractivity contribution >= 4 is 16.3 Å². The van der Waals surface area contributed by atoms with E-state index in [9.17, 15) is 4.79 Å². The average Bonchev–Trinajstić information content (AvgIpc) is 3.21. The number of aromatic nitrogens is 2. The highest BCUT2D eigenvalue weighted by Crippen LogP contribution is 2.24. The molecule has 4 rings (SSSR count). The standard InChI is InChI=1S/C24H32N4O2S/c1-24(2,3)19-5-7-21(8-6-19)30-15-4-9-26-10-12-27(13-11-26)18-20-17-22(29)28-14-16-31-23(28)25-20/h5-8,14,16-17H,4,9-13,15,18H2,1-3H3. The van der Waals surface area contributed by atoms with Crippen molar-refractivity contribution in [1.29, 1.82) is 0 Å².